The Morgan fingerprint density at radius 1 is 1.21 bits per heavy atom. The van der Waals surface area contributed by atoms with E-state index < -0.39 is 22.5 Å². The molecule has 1 aromatic carbocycles. The predicted molar refractivity (Wildman–Crippen MR) is 136 cm³/mol. The van der Waals surface area contributed by atoms with Gasteiger partial charge in [-0.25, -0.2) is 9.78 Å². The van der Waals surface area contributed by atoms with E-state index in [0.717, 1.165) is 10.5 Å². The van der Waals surface area contributed by atoms with Crippen molar-refractivity contribution in [1.82, 2.24) is 15.3 Å². The Morgan fingerprint density at radius 3 is 2.38 bits per heavy atom. The molecule has 0 bridgehead atoms. The molecule has 10 nitrogen and oxygen atoms in total. The van der Waals surface area contributed by atoms with Gasteiger partial charge >= 0.3 is 6.09 Å². The molecule has 1 aromatic heterocycles. The zero-order chi connectivity index (χ0) is 24.8. The standard InChI is InChI=1S/C23H31N5O4S.H2O.2H2/c1-14(2)33(30)17-9-7-16(8-10-17)18-13-27-15(3)20(28-18)21(25)31-19(24)11-12-26-22(29)32-23(4,5)6;;;/h7-10,13-14,24-25H,11-12H2,1-6H3,(H,26,29);1H2;2*1H. The van der Waals surface area contributed by atoms with Crippen LogP contribution >= 0.6 is 0 Å². The van der Waals surface area contributed by atoms with Crippen LogP contribution in [0.3, 0.4) is 0 Å². The summed E-state index contributed by atoms with van der Waals surface area (Å²) in [6.07, 6.45) is 1.10. The van der Waals surface area contributed by atoms with Gasteiger partial charge in [0.25, 0.3) is 0 Å². The highest BCUT2D eigenvalue weighted by Gasteiger charge is 2.17. The molecule has 190 valence electrons. The lowest BCUT2D eigenvalue weighted by Gasteiger charge is -2.19. The van der Waals surface area contributed by atoms with Gasteiger partial charge in [-0.15, -0.1) is 0 Å². The van der Waals surface area contributed by atoms with E-state index in [1.165, 1.54) is 0 Å². The van der Waals surface area contributed by atoms with Crippen LogP contribution in [0, 0.1) is 17.7 Å². The van der Waals surface area contributed by atoms with Crippen LogP contribution in [0.2, 0.25) is 0 Å². The molecule has 0 saturated heterocycles. The third-order valence-electron chi connectivity index (χ3n) is 4.23. The number of alkyl carbamates (subject to hydrolysis) is 1. The van der Waals surface area contributed by atoms with E-state index >= 15 is 0 Å². The summed E-state index contributed by atoms with van der Waals surface area (Å²) in [5.41, 5.74) is 1.39. The van der Waals surface area contributed by atoms with Crippen molar-refractivity contribution in [3.63, 3.8) is 0 Å². The van der Waals surface area contributed by atoms with E-state index in [1.807, 2.05) is 26.0 Å². The van der Waals surface area contributed by atoms with Gasteiger partial charge in [0.2, 0.25) is 5.90 Å². The van der Waals surface area contributed by atoms with E-state index in [9.17, 15) is 9.00 Å². The second-order valence-corrected chi connectivity index (χ2v) is 10.6. The Labute approximate surface area is 205 Å². The maximum absolute atomic E-state index is 12.2. The Hall–Kier alpha value is -3.18. The fourth-order valence-corrected chi connectivity index (χ4v) is 3.60. The maximum Gasteiger partial charge on any atom is 0.407 e. The van der Waals surface area contributed by atoms with Crippen molar-refractivity contribution in [2.75, 3.05) is 6.54 Å². The van der Waals surface area contributed by atoms with E-state index in [4.69, 9.17) is 20.3 Å². The van der Waals surface area contributed by atoms with Crippen LogP contribution in [-0.2, 0) is 20.3 Å². The van der Waals surface area contributed by atoms with Gasteiger partial charge in [-0.05, 0) is 39.8 Å². The molecular formula is C23H37N5O5S. The van der Waals surface area contributed by atoms with Gasteiger partial charge in [0, 0.05) is 31.5 Å². The molecule has 2 rings (SSSR count). The lowest BCUT2D eigenvalue weighted by molar-refractivity contribution is 0.0529. The highest BCUT2D eigenvalue weighted by molar-refractivity contribution is 7.85. The molecule has 0 fully saturated rings. The SMILES string of the molecule is Cc1ncc(-c2ccc(S(=O)C(C)C)cc2)nc1C(=N)OC(=N)CCNC(=O)OC(C)(C)C.O.[HH].[HH]. The highest BCUT2D eigenvalue weighted by Crippen LogP contribution is 2.21. The minimum atomic E-state index is -1.08. The molecule has 1 atom stereocenters. The average molecular weight is 496 g/mol. The quantitative estimate of drug-likeness (QED) is 0.389. The van der Waals surface area contributed by atoms with Gasteiger partial charge in [-0.3, -0.25) is 20.0 Å². The van der Waals surface area contributed by atoms with Crippen LogP contribution in [0.15, 0.2) is 35.4 Å². The second-order valence-electron chi connectivity index (χ2n) is 8.59. The van der Waals surface area contributed by atoms with Gasteiger partial charge in [0.1, 0.15) is 11.3 Å². The number of carbonyl (C=O) groups is 1. The van der Waals surface area contributed by atoms with Crippen molar-refractivity contribution in [2.24, 2.45) is 0 Å². The van der Waals surface area contributed by atoms with Crippen molar-refractivity contribution >= 4 is 28.7 Å². The first-order valence-electron chi connectivity index (χ1n) is 10.5. The van der Waals surface area contributed by atoms with Crippen LogP contribution in [0.1, 0.15) is 55.3 Å². The third-order valence-corrected chi connectivity index (χ3v) is 5.82. The smallest absolute Gasteiger partial charge is 0.407 e. The lowest BCUT2D eigenvalue weighted by atomic mass is 10.1. The molecule has 0 saturated carbocycles. The number of aryl methyl sites for hydroxylation is 1. The number of nitrogens with one attached hydrogen (secondary N) is 3. The number of amides is 1. The minimum absolute atomic E-state index is 0. The second kappa shape index (κ2) is 12.3. The molecule has 11 heteroatoms. The molecule has 0 spiro atoms. The monoisotopic (exact) mass is 495 g/mol. The molecule has 0 radical (unpaired) electrons. The average Bonchev–Trinajstić information content (AvgIpc) is 2.72. The number of carbonyl (C=O) groups excluding carboxylic acids is 1. The van der Waals surface area contributed by atoms with Gasteiger partial charge in [-0.1, -0.05) is 26.0 Å². The Balaban J connectivity index is 0. The van der Waals surface area contributed by atoms with Crippen LogP contribution in [0.4, 0.5) is 4.79 Å². The van der Waals surface area contributed by atoms with Crippen LogP contribution in [0.5, 0.6) is 0 Å². The molecule has 0 aliphatic carbocycles. The normalized spacial score (nSPS) is 11.9. The molecule has 1 amide bonds. The third kappa shape index (κ3) is 8.64. The zero-order valence-electron chi connectivity index (χ0n) is 20.3. The van der Waals surface area contributed by atoms with Crippen molar-refractivity contribution in [3.8, 4) is 11.3 Å². The molecular weight excluding hydrogens is 458 g/mol. The fourth-order valence-electron chi connectivity index (χ4n) is 2.65. The summed E-state index contributed by atoms with van der Waals surface area (Å²) in [6.45, 7) is 10.9. The molecule has 0 aliphatic rings. The first-order chi connectivity index (χ1) is 15.4. The Morgan fingerprint density at radius 2 is 1.82 bits per heavy atom. The maximum atomic E-state index is 12.2. The summed E-state index contributed by atoms with van der Waals surface area (Å²) in [7, 11) is -1.08. The molecule has 0 aliphatic heterocycles. The Kier molecular flexibility index (Phi) is 10.5. The van der Waals surface area contributed by atoms with Crippen molar-refractivity contribution < 1.29 is 26.8 Å². The first-order valence-corrected chi connectivity index (χ1v) is 11.7. The number of rotatable bonds is 7. The highest BCUT2D eigenvalue weighted by atomic mass is 32.2. The zero-order valence-corrected chi connectivity index (χ0v) is 21.1. The fraction of sp³-hybridized carbons (Fsp3) is 0.435. The topological polar surface area (TPSA) is 170 Å². The van der Waals surface area contributed by atoms with Gasteiger partial charge < -0.3 is 20.3 Å². The van der Waals surface area contributed by atoms with Crippen LogP contribution in [0.25, 0.3) is 11.3 Å². The van der Waals surface area contributed by atoms with Gasteiger partial charge in [-0.2, -0.15) is 0 Å². The van der Waals surface area contributed by atoms with Gasteiger partial charge in [0.15, 0.2) is 5.90 Å². The molecule has 5 N–H and O–H groups in total. The van der Waals surface area contributed by atoms with Crippen molar-refractivity contribution in [1.29, 1.82) is 10.8 Å². The summed E-state index contributed by atoms with van der Waals surface area (Å²) in [5, 5.41) is 18.7. The van der Waals surface area contributed by atoms with E-state index in [-0.39, 0.29) is 44.0 Å². The summed E-state index contributed by atoms with van der Waals surface area (Å²) < 4.78 is 22.7. The number of hydrogen-bond acceptors (Lipinski definition) is 8. The largest absolute Gasteiger partial charge is 0.444 e. The first kappa shape index (κ1) is 28.9. The van der Waals surface area contributed by atoms with E-state index in [0.29, 0.717) is 11.4 Å². The summed E-state index contributed by atoms with van der Waals surface area (Å²) in [6, 6.07) is 7.21. The van der Waals surface area contributed by atoms with Crippen LogP contribution < -0.4 is 5.32 Å². The number of hydrogen-bond donors (Lipinski definition) is 3. The predicted octanol–water partition coefficient (Wildman–Crippen LogP) is 3.87. The van der Waals surface area contributed by atoms with Crippen LogP contribution in [-0.4, -0.2) is 54.9 Å². The molecule has 1 heterocycles. The number of aromatic nitrogens is 2. The van der Waals surface area contributed by atoms with Gasteiger partial charge in [0.05, 0.1) is 28.4 Å². The minimum Gasteiger partial charge on any atom is -0.444 e. The van der Waals surface area contributed by atoms with Crippen molar-refractivity contribution in [3.05, 3.63) is 41.9 Å². The molecule has 34 heavy (non-hydrogen) atoms. The molecule has 1 unspecified atom stereocenters. The number of benzene rings is 1. The Bertz CT molecular complexity index is 1060. The van der Waals surface area contributed by atoms with E-state index in [2.05, 4.69) is 15.3 Å². The summed E-state index contributed by atoms with van der Waals surface area (Å²) in [4.78, 5) is 21.2. The number of nitrogens with zero attached hydrogens (tertiary/aromatic N) is 2. The lowest BCUT2D eigenvalue weighted by Crippen LogP contribution is -2.33. The summed E-state index contributed by atoms with van der Waals surface area (Å²) >= 11 is 0. The van der Waals surface area contributed by atoms with Crippen molar-refractivity contribution in [2.45, 2.75) is 63.7 Å². The molecule has 2 aromatic rings. The number of ether oxygens (including phenoxy) is 2. The van der Waals surface area contributed by atoms with E-state index in [1.54, 1.807) is 46.0 Å². The summed E-state index contributed by atoms with van der Waals surface area (Å²) in [5.74, 6) is -0.496.